The summed E-state index contributed by atoms with van der Waals surface area (Å²) in [5, 5.41) is 9.65. The van der Waals surface area contributed by atoms with Gasteiger partial charge in [-0.3, -0.25) is 9.69 Å². The first-order valence-electron chi connectivity index (χ1n) is 6.48. The zero-order chi connectivity index (χ0) is 11.1. The molecule has 1 saturated carbocycles. The lowest BCUT2D eigenvalue weighted by atomic mass is 10.1. The number of likely N-dealkylation sites (tertiary alicyclic amines) is 2. The van der Waals surface area contributed by atoms with E-state index in [1.807, 2.05) is 0 Å². The molecule has 2 unspecified atom stereocenters. The third-order valence-corrected chi connectivity index (χ3v) is 4.07. The van der Waals surface area contributed by atoms with Crippen LogP contribution in [0.5, 0.6) is 0 Å². The molecule has 4 heteroatoms. The van der Waals surface area contributed by atoms with E-state index in [1.165, 1.54) is 12.8 Å². The SMILES string of the molecule is O=C1C(N2CCCC(O)C2)CCN1C1CC1. The van der Waals surface area contributed by atoms with Crippen molar-refractivity contribution >= 4 is 5.91 Å². The maximum Gasteiger partial charge on any atom is 0.240 e. The van der Waals surface area contributed by atoms with Gasteiger partial charge in [0.05, 0.1) is 12.1 Å². The smallest absolute Gasteiger partial charge is 0.240 e. The van der Waals surface area contributed by atoms with Crippen molar-refractivity contribution in [1.29, 1.82) is 0 Å². The van der Waals surface area contributed by atoms with Gasteiger partial charge >= 0.3 is 0 Å². The van der Waals surface area contributed by atoms with Gasteiger partial charge in [-0.05, 0) is 38.6 Å². The molecule has 2 atom stereocenters. The summed E-state index contributed by atoms with van der Waals surface area (Å²) in [4.78, 5) is 16.5. The largest absolute Gasteiger partial charge is 0.392 e. The van der Waals surface area contributed by atoms with Gasteiger partial charge in [-0.2, -0.15) is 0 Å². The zero-order valence-electron chi connectivity index (χ0n) is 9.64. The zero-order valence-corrected chi connectivity index (χ0v) is 9.64. The summed E-state index contributed by atoms with van der Waals surface area (Å²) in [6.45, 7) is 2.60. The fourth-order valence-electron chi connectivity index (χ4n) is 3.04. The van der Waals surface area contributed by atoms with E-state index < -0.39 is 0 Å². The molecule has 3 rings (SSSR count). The van der Waals surface area contributed by atoms with Crippen molar-refractivity contribution in [2.45, 2.75) is 50.3 Å². The topological polar surface area (TPSA) is 43.8 Å². The third-order valence-electron chi connectivity index (χ3n) is 4.07. The molecular formula is C12H20N2O2. The monoisotopic (exact) mass is 224 g/mol. The van der Waals surface area contributed by atoms with Crippen LogP contribution in [0.2, 0.25) is 0 Å². The number of β-amino-alcohol motifs (C(OH)–C–C–N with tert-alkyl or cyclic N) is 1. The number of piperidine rings is 1. The van der Waals surface area contributed by atoms with E-state index in [0.717, 1.165) is 32.4 Å². The van der Waals surface area contributed by atoms with E-state index in [2.05, 4.69) is 9.80 Å². The average Bonchev–Trinajstić information content (AvgIpc) is 3.03. The maximum absolute atomic E-state index is 12.2. The Morgan fingerprint density at radius 2 is 1.94 bits per heavy atom. The number of rotatable bonds is 2. The number of aliphatic hydroxyl groups excluding tert-OH is 1. The van der Waals surface area contributed by atoms with Crippen molar-refractivity contribution in [3.63, 3.8) is 0 Å². The minimum absolute atomic E-state index is 0.0653. The highest BCUT2D eigenvalue weighted by atomic mass is 16.3. The van der Waals surface area contributed by atoms with Crippen molar-refractivity contribution in [3.05, 3.63) is 0 Å². The van der Waals surface area contributed by atoms with Crippen molar-refractivity contribution in [2.24, 2.45) is 0 Å². The van der Waals surface area contributed by atoms with Crippen LogP contribution in [-0.4, -0.2) is 58.6 Å². The number of carbonyl (C=O) groups excluding carboxylic acids is 1. The summed E-state index contributed by atoms with van der Waals surface area (Å²) in [5.74, 6) is 0.316. The second-order valence-corrected chi connectivity index (χ2v) is 5.36. The molecule has 0 spiro atoms. The Labute approximate surface area is 96.2 Å². The van der Waals surface area contributed by atoms with Crippen LogP contribution in [0.4, 0.5) is 0 Å². The Balaban J connectivity index is 1.64. The summed E-state index contributed by atoms with van der Waals surface area (Å²) in [6, 6.07) is 0.614. The van der Waals surface area contributed by atoms with E-state index in [9.17, 15) is 9.90 Å². The van der Waals surface area contributed by atoms with E-state index in [0.29, 0.717) is 18.5 Å². The molecule has 1 amide bonds. The molecule has 4 nitrogen and oxygen atoms in total. The van der Waals surface area contributed by atoms with Crippen LogP contribution < -0.4 is 0 Å². The van der Waals surface area contributed by atoms with Crippen molar-refractivity contribution in [1.82, 2.24) is 9.80 Å². The first kappa shape index (κ1) is 10.5. The molecule has 0 aromatic carbocycles. The van der Waals surface area contributed by atoms with E-state index in [-0.39, 0.29) is 12.1 Å². The minimum atomic E-state index is -0.225. The molecule has 16 heavy (non-hydrogen) atoms. The molecule has 90 valence electrons. The molecule has 0 bridgehead atoms. The highest BCUT2D eigenvalue weighted by Crippen LogP contribution is 2.32. The van der Waals surface area contributed by atoms with Gasteiger partial charge in [0.2, 0.25) is 5.91 Å². The van der Waals surface area contributed by atoms with Gasteiger partial charge in [0.25, 0.3) is 0 Å². The Hall–Kier alpha value is -0.610. The number of carbonyl (C=O) groups is 1. The maximum atomic E-state index is 12.2. The van der Waals surface area contributed by atoms with Gasteiger partial charge in [0.1, 0.15) is 0 Å². The molecule has 2 saturated heterocycles. The number of nitrogens with zero attached hydrogens (tertiary/aromatic N) is 2. The predicted octanol–water partition coefficient (Wildman–Crippen LogP) is 0.206. The van der Waals surface area contributed by atoms with Gasteiger partial charge in [-0.25, -0.2) is 0 Å². The summed E-state index contributed by atoms with van der Waals surface area (Å²) in [7, 11) is 0. The van der Waals surface area contributed by atoms with Gasteiger partial charge in [-0.15, -0.1) is 0 Å². The summed E-state index contributed by atoms with van der Waals surface area (Å²) >= 11 is 0. The fraction of sp³-hybridized carbons (Fsp3) is 0.917. The lowest BCUT2D eigenvalue weighted by Gasteiger charge is -2.33. The van der Waals surface area contributed by atoms with Crippen LogP contribution in [0.1, 0.15) is 32.1 Å². The Bertz CT molecular complexity index is 291. The lowest BCUT2D eigenvalue weighted by Crippen LogP contribution is -2.48. The Kier molecular flexibility index (Phi) is 2.64. The molecule has 2 aliphatic heterocycles. The predicted molar refractivity (Wildman–Crippen MR) is 60.0 cm³/mol. The fourth-order valence-corrected chi connectivity index (χ4v) is 3.04. The molecule has 1 N–H and O–H groups in total. The van der Waals surface area contributed by atoms with Crippen LogP contribution >= 0.6 is 0 Å². The lowest BCUT2D eigenvalue weighted by molar-refractivity contribution is -0.133. The quantitative estimate of drug-likeness (QED) is 0.729. The number of hydrogen-bond acceptors (Lipinski definition) is 3. The van der Waals surface area contributed by atoms with Gasteiger partial charge in [0.15, 0.2) is 0 Å². The standard InChI is InChI=1S/C12H20N2O2/c15-10-2-1-6-13(8-10)11-5-7-14(12(11)16)9-3-4-9/h9-11,15H,1-8H2. The normalized spacial score (nSPS) is 37.1. The van der Waals surface area contributed by atoms with Gasteiger partial charge in [0, 0.05) is 19.1 Å². The highest BCUT2D eigenvalue weighted by Gasteiger charge is 2.43. The summed E-state index contributed by atoms with van der Waals surface area (Å²) in [5.41, 5.74) is 0. The average molecular weight is 224 g/mol. The number of amides is 1. The Morgan fingerprint density at radius 1 is 1.12 bits per heavy atom. The van der Waals surface area contributed by atoms with Crippen LogP contribution in [-0.2, 0) is 4.79 Å². The molecule has 3 aliphatic rings. The summed E-state index contributed by atoms with van der Waals surface area (Å²) in [6.07, 6.45) is 5.04. The minimum Gasteiger partial charge on any atom is -0.392 e. The molecule has 0 aromatic rings. The van der Waals surface area contributed by atoms with Crippen molar-refractivity contribution in [3.8, 4) is 0 Å². The summed E-state index contributed by atoms with van der Waals surface area (Å²) < 4.78 is 0. The first-order chi connectivity index (χ1) is 7.75. The second-order valence-electron chi connectivity index (χ2n) is 5.36. The van der Waals surface area contributed by atoms with Crippen LogP contribution in [0.3, 0.4) is 0 Å². The van der Waals surface area contributed by atoms with Gasteiger partial charge < -0.3 is 10.0 Å². The molecule has 0 aromatic heterocycles. The van der Waals surface area contributed by atoms with Crippen LogP contribution in [0.15, 0.2) is 0 Å². The molecule has 1 aliphatic carbocycles. The molecule has 2 heterocycles. The van der Waals surface area contributed by atoms with Crippen LogP contribution in [0, 0.1) is 0 Å². The molecular weight excluding hydrogens is 204 g/mol. The highest BCUT2D eigenvalue weighted by molar-refractivity contribution is 5.84. The molecule has 0 radical (unpaired) electrons. The third kappa shape index (κ3) is 1.84. The van der Waals surface area contributed by atoms with Gasteiger partial charge in [-0.1, -0.05) is 0 Å². The van der Waals surface area contributed by atoms with E-state index >= 15 is 0 Å². The van der Waals surface area contributed by atoms with E-state index in [1.54, 1.807) is 0 Å². The second kappa shape index (κ2) is 4.00. The Morgan fingerprint density at radius 3 is 2.62 bits per heavy atom. The van der Waals surface area contributed by atoms with Crippen molar-refractivity contribution < 1.29 is 9.90 Å². The first-order valence-corrected chi connectivity index (χ1v) is 6.48. The number of hydrogen-bond donors (Lipinski definition) is 1. The van der Waals surface area contributed by atoms with Crippen LogP contribution in [0.25, 0.3) is 0 Å². The molecule has 3 fully saturated rings. The van der Waals surface area contributed by atoms with Crippen molar-refractivity contribution in [2.75, 3.05) is 19.6 Å². The number of aliphatic hydroxyl groups is 1. The van der Waals surface area contributed by atoms with E-state index in [4.69, 9.17) is 0 Å².